The van der Waals surface area contributed by atoms with E-state index in [1.54, 1.807) is 12.1 Å². The number of esters is 1. The molecule has 20 heavy (non-hydrogen) atoms. The van der Waals surface area contributed by atoms with E-state index in [1.807, 2.05) is 6.07 Å². The van der Waals surface area contributed by atoms with Crippen molar-refractivity contribution in [3.63, 3.8) is 0 Å². The second kappa shape index (κ2) is 6.98. The third kappa shape index (κ3) is 3.45. The number of hydrogen-bond acceptors (Lipinski definition) is 3. The Bertz CT molecular complexity index is 476. The SMILES string of the molecule is CCC1CCCCC1Nc1cc(Cl)ccc1C(=O)OC. The molecule has 4 heteroatoms. The average Bonchev–Trinajstić information content (AvgIpc) is 2.47. The summed E-state index contributed by atoms with van der Waals surface area (Å²) in [6.45, 7) is 2.23. The Kier molecular flexibility index (Phi) is 5.30. The molecule has 0 amide bonds. The van der Waals surface area contributed by atoms with Gasteiger partial charge < -0.3 is 10.1 Å². The highest BCUT2D eigenvalue weighted by Gasteiger charge is 2.25. The first-order valence-electron chi connectivity index (χ1n) is 7.30. The van der Waals surface area contributed by atoms with Crippen molar-refractivity contribution < 1.29 is 9.53 Å². The van der Waals surface area contributed by atoms with E-state index in [0.29, 0.717) is 22.5 Å². The molecule has 1 N–H and O–H groups in total. The van der Waals surface area contributed by atoms with Crippen LogP contribution in [0.5, 0.6) is 0 Å². The number of hydrogen-bond donors (Lipinski definition) is 1. The topological polar surface area (TPSA) is 38.3 Å². The summed E-state index contributed by atoms with van der Waals surface area (Å²) in [6, 6.07) is 5.67. The molecule has 0 spiro atoms. The van der Waals surface area contributed by atoms with Crippen LogP contribution in [0.4, 0.5) is 5.69 Å². The first-order chi connectivity index (χ1) is 9.65. The van der Waals surface area contributed by atoms with Gasteiger partial charge in [0.2, 0.25) is 0 Å². The molecule has 1 aliphatic rings. The minimum absolute atomic E-state index is 0.326. The minimum atomic E-state index is -0.326. The van der Waals surface area contributed by atoms with Crippen LogP contribution in [0.25, 0.3) is 0 Å². The van der Waals surface area contributed by atoms with E-state index >= 15 is 0 Å². The average molecular weight is 296 g/mol. The third-order valence-corrected chi connectivity index (χ3v) is 4.40. The molecular weight excluding hydrogens is 274 g/mol. The van der Waals surface area contributed by atoms with Crippen molar-refractivity contribution >= 4 is 23.3 Å². The highest BCUT2D eigenvalue weighted by molar-refractivity contribution is 6.31. The molecule has 0 radical (unpaired) electrons. The largest absolute Gasteiger partial charge is 0.465 e. The lowest BCUT2D eigenvalue weighted by Crippen LogP contribution is -2.32. The summed E-state index contributed by atoms with van der Waals surface area (Å²) in [4.78, 5) is 11.8. The number of methoxy groups -OCH3 is 1. The Hall–Kier alpha value is -1.22. The van der Waals surface area contributed by atoms with E-state index in [9.17, 15) is 4.79 Å². The summed E-state index contributed by atoms with van der Waals surface area (Å²) in [5, 5.41) is 4.15. The predicted octanol–water partition coefficient (Wildman–Crippen LogP) is 4.51. The zero-order valence-electron chi connectivity index (χ0n) is 12.1. The maximum absolute atomic E-state index is 11.8. The molecule has 0 heterocycles. The number of anilines is 1. The molecule has 1 aromatic rings. The Morgan fingerprint density at radius 3 is 2.85 bits per heavy atom. The Balaban J connectivity index is 2.22. The van der Waals surface area contributed by atoms with E-state index in [4.69, 9.17) is 16.3 Å². The summed E-state index contributed by atoms with van der Waals surface area (Å²) in [5.41, 5.74) is 1.34. The van der Waals surface area contributed by atoms with Crippen LogP contribution in [-0.4, -0.2) is 19.1 Å². The monoisotopic (exact) mass is 295 g/mol. The van der Waals surface area contributed by atoms with Gasteiger partial charge in [0.15, 0.2) is 0 Å². The second-order valence-electron chi connectivity index (χ2n) is 5.39. The normalized spacial score (nSPS) is 22.4. The zero-order chi connectivity index (χ0) is 14.5. The quantitative estimate of drug-likeness (QED) is 0.831. The van der Waals surface area contributed by atoms with Gasteiger partial charge in [-0.2, -0.15) is 0 Å². The third-order valence-electron chi connectivity index (χ3n) is 4.16. The van der Waals surface area contributed by atoms with Gasteiger partial charge in [-0.1, -0.05) is 37.8 Å². The van der Waals surface area contributed by atoms with Gasteiger partial charge in [-0.3, -0.25) is 0 Å². The molecule has 1 aromatic carbocycles. The zero-order valence-corrected chi connectivity index (χ0v) is 12.9. The number of carbonyl (C=O) groups is 1. The molecule has 1 aliphatic carbocycles. The standard InChI is InChI=1S/C16H22ClNO2/c1-3-11-6-4-5-7-14(11)18-15-10-12(17)8-9-13(15)16(19)20-2/h8-11,14,18H,3-7H2,1-2H3. The van der Waals surface area contributed by atoms with Gasteiger partial charge in [-0.25, -0.2) is 4.79 Å². The molecule has 2 atom stereocenters. The van der Waals surface area contributed by atoms with E-state index in [1.165, 1.54) is 26.4 Å². The van der Waals surface area contributed by atoms with E-state index < -0.39 is 0 Å². The Morgan fingerprint density at radius 2 is 2.15 bits per heavy atom. The van der Waals surface area contributed by atoms with E-state index in [2.05, 4.69) is 12.2 Å². The lowest BCUT2D eigenvalue weighted by Gasteiger charge is -2.32. The second-order valence-corrected chi connectivity index (χ2v) is 5.82. The molecule has 0 bridgehead atoms. The highest BCUT2D eigenvalue weighted by Crippen LogP contribution is 2.31. The lowest BCUT2D eigenvalue weighted by molar-refractivity contribution is 0.0601. The summed E-state index contributed by atoms with van der Waals surface area (Å²) in [5.74, 6) is 0.334. The molecule has 0 aliphatic heterocycles. The highest BCUT2D eigenvalue weighted by atomic mass is 35.5. The van der Waals surface area contributed by atoms with Crippen molar-refractivity contribution in [3.05, 3.63) is 28.8 Å². The fourth-order valence-corrected chi connectivity index (χ4v) is 3.18. The van der Waals surface area contributed by atoms with E-state index in [-0.39, 0.29) is 5.97 Å². The minimum Gasteiger partial charge on any atom is -0.465 e. The molecule has 2 rings (SSSR count). The molecule has 110 valence electrons. The lowest BCUT2D eigenvalue weighted by atomic mass is 9.82. The van der Waals surface area contributed by atoms with Crippen LogP contribution < -0.4 is 5.32 Å². The fourth-order valence-electron chi connectivity index (χ4n) is 3.01. The summed E-state index contributed by atoms with van der Waals surface area (Å²) in [7, 11) is 1.40. The van der Waals surface area contributed by atoms with Gasteiger partial charge in [-0.05, 0) is 37.0 Å². The van der Waals surface area contributed by atoms with Gasteiger partial charge in [0.25, 0.3) is 0 Å². The van der Waals surface area contributed by atoms with Crippen molar-refractivity contribution in [2.75, 3.05) is 12.4 Å². The number of ether oxygens (including phenoxy) is 1. The number of benzene rings is 1. The van der Waals surface area contributed by atoms with Crippen LogP contribution in [0.2, 0.25) is 5.02 Å². The van der Waals surface area contributed by atoms with Crippen molar-refractivity contribution in [1.82, 2.24) is 0 Å². The van der Waals surface area contributed by atoms with Crippen LogP contribution in [0, 0.1) is 5.92 Å². The first-order valence-corrected chi connectivity index (χ1v) is 7.68. The fraction of sp³-hybridized carbons (Fsp3) is 0.562. The van der Waals surface area contributed by atoms with Crippen molar-refractivity contribution in [2.45, 2.75) is 45.1 Å². The predicted molar refractivity (Wildman–Crippen MR) is 82.5 cm³/mol. The summed E-state index contributed by atoms with van der Waals surface area (Å²) >= 11 is 6.06. The number of rotatable bonds is 4. The first kappa shape index (κ1) is 15.2. The smallest absolute Gasteiger partial charge is 0.339 e. The van der Waals surface area contributed by atoms with Crippen molar-refractivity contribution in [2.24, 2.45) is 5.92 Å². The van der Waals surface area contributed by atoms with Crippen LogP contribution >= 0.6 is 11.6 Å². The number of halogens is 1. The van der Waals surface area contributed by atoms with Gasteiger partial charge in [0, 0.05) is 11.1 Å². The van der Waals surface area contributed by atoms with Crippen LogP contribution in [0.3, 0.4) is 0 Å². The summed E-state index contributed by atoms with van der Waals surface area (Å²) < 4.78 is 4.84. The maximum atomic E-state index is 11.8. The van der Waals surface area contributed by atoms with Gasteiger partial charge in [0.1, 0.15) is 0 Å². The molecule has 2 unspecified atom stereocenters. The maximum Gasteiger partial charge on any atom is 0.339 e. The van der Waals surface area contributed by atoms with Crippen molar-refractivity contribution in [1.29, 1.82) is 0 Å². The van der Waals surface area contributed by atoms with E-state index in [0.717, 1.165) is 18.5 Å². The van der Waals surface area contributed by atoms with Gasteiger partial charge in [-0.15, -0.1) is 0 Å². The molecule has 1 saturated carbocycles. The van der Waals surface area contributed by atoms with Gasteiger partial charge in [0.05, 0.1) is 18.4 Å². The number of nitrogens with one attached hydrogen (secondary N) is 1. The Morgan fingerprint density at radius 1 is 1.40 bits per heavy atom. The van der Waals surface area contributed by atoms with Gasteiger partial charge >= 0.3 is 5.97 Å². The van der Waals surface area contributed by atoms with Crippen LogP contribution in [0.1, 0.15) is 49.4 Å². The molecule has 0 aromatic heterocycles. The summed E-state index contributed by atoms with van der Waals surface area (Å²) in [6.07, 6.45) is 6.10. The molecule has 1 fully saturated rings. The molecular formula is C16H22ClNO2. The molecule has 3 nitrogen and oxygen atoms in total. The molecule has 0 saturated heterocycles. The van der Waals surface area contributed by atoms with Crippen LogP contribution in [-0.2, 0) is 4.74 Å². The number of carbonyl (C=O) groups excluding carboxylic acids is 1. The van der Waals surface area contributed by atoms with Crippen LogP contribution in [0.15, 0.2) is 18.2 Å². The van der Waals surface area contributed by atoms with Crippen molar-refractivity contribution in [3.8, 4) is 0 Å². The Labute approximate surface area is 125 Å².